The smallest absolute Gasteiger partial charge is 0.187 e. The van der Waals surface area contributed by atoms with Crippen LogP contribution in [0.5, 0.6) is 0 Å². The molecule has 0 spiro atoms. The zero-order valence-corrected chi connectivity index (χ0v) is 12.5. The molecular formula is C15H8BrClFNO. The van der Waals surface area contributed by atoms with Crippen LogP contribution in [-0.4, -0.2) is 5.78 Å². The van der Waals surface area contributed by atoms with Gasteiger partial charge in [-0.1, -0.05) is 39.7 Å². The average Bonchev–Trinajstić information content (AvgIpc) is 2.41. The molecule has 1 unspecified atom stereocenters. The largest absolute Gasteiger partial charge is 0.292 e. The van der Waals surface area contributed by atoms with Crippen molar-refractivity contribution in [2.75, 3.05) is 0 Å². The molecule has 0 bridgehead atoms. The summed E-state index contributed by atoms with van der Waals surface area (Å²) in [6.07, 6.45) is 0. The lowest BCUT2D eigenvalue weighted by Crippen LogP contribution is -2.13. The maximum atomic E-state index is 13.8. The Morgan fingerprint density at radius 1 is 1.25 bits per heavy atom. The first-order chi connectivity index (χ1) is 9.52. The Bertz CT molecular complexity index is 694. The van der Waals surface area contributed by atoms with Gasteiger partial charge in [-0.25, -0.2) is 4.39 Å². The quantitative estimate of drug-likeness (QED) is 0.749. The van der Waals surface area contributed by atoms with Crippen molar-refractivity contribution in [3.05, 3.63) is 68.9 Å². The van der Waals surface area contributed by atoms with Crippen LogP contribution >= 0.6 is 27.5 Å². The van der Waals surface area contributed by atoms with E-state index in [4.69, 9.17) is 11.6 Å². The third kappa shape index (κ3) is 3.06. The summed E-state index contributed by atoms with van der Waals surface area (Å²) in [7, 11) is 0. The van der Waals surface area contributed by atoms with Crippen LogP contribution in [0.3, 0.4) is 0 Å². The number of ketones is 1. The Morgan fingerprint density at radius 3 is 2.45 bits per heavy atom. The van der Waals surface area contributed by atoms with Gasteiger partial charge in [0.15, 0.2) is 5.78 Å². The molecule has 0 N–H and O–H groups in total. The van der Waals surface area contributed by atoms with Crippen molar-refractivity contribution in [3.8, 4) is 6.07 Å². The van der Waals surface area contributed by atoms with E-state index in [0.29, 0.717) is 5.56 Å². The van der Waals surface area contributed by atoms with Crippen LogP contribution in [0.4, 0.5) is 4.39 Å². The third-order valence-electron chi connectivity index (χ3n) is 2.79. The van der Waals surface area contributed by atoms with Crippen molar-refractivity contribution in [3.63, 3.8) is 0 Å². The van der Waals surface area contributed by atoms with E-state index in [1.807, 2.05) is 6.07 Å². The van der Waals surface area contributed by atoms with E-state index in [1.54, 1.807) is 24.3 Å². The van der Waals surface area contributed by atoms with E-state index >= 15 is 0 Å². The van der Waals surface area contributed by atoms with Crippen molar-refractivity contribution >= 4 is 33.3 Å². The molecule has 2 rings (SSSR count). The van der Waals surface area contributed by atoms with Crippen LogP contribution in [0.1, 0.15) is 21.8 Å². The Morgan fingerprint density at radius 2 is 1.90 bits per heavy atom. The summed E-state index contributed by atoms with van der Waals surface area (Å²) in [5.41, 5.74) is 0.388. The van der Waals surface area contributed by atoms with Crippen LogP contribution in [-0.2, 0) is 0 Å². The molecule has 0 saturated heterocycles. The maximum absolute atomic E-state index is 13.8. The summed E-state index contributed by atoms with van der Waals surface area (Å²) in [4.78, 5) is 12.3. The molecule has 2 nitrogen and oxygen atoms in total. The van der Waals surface area contributed by atoms with Crippen LogP contribution in [0.25, 0.3) is 0 Å². The molecule has 0 heterocycles. The molecule has 0 aromatic heterocycles. The van der Waals surface area contributed by atoms with Crippen molar-refractivity contribution in [1.29, 1.82) is 5.26 Å². The summed E-state index contributed by atoms with van der Waals surface area (Å²) in [6.45, 7) is 0. The standard InChI is InChI=1S/C15H8BrClFNO/c16-10-3-1-9(2-4-10)13(8-19)15(20)12-6-5-11(17)7-14(12)18/h1-7,13H. The molecule has 0 amide bonds. The van der Waals surface area contributed by atoms with Gasteiger partial charge in [-0.15, -0.1) is 0 Å². The van der Waals surface area contributed by atoms with Crippen molar-refractivity contribution in [2.24, 2.45) is 0 Å². The number of carbonyl (C=O) groups is 1. The van der Waals surface area contributed by atoms with E-state index < -0.39 is 17.5 Å². The van der Waals surface area contributed by atoms with Gasteiger partial charge < -0.3 is 0 Å². The fourth-order valence-corrected chi connectivity index (χ4v) is 2.21. The lowest BCUT2D eigenvalue weighted by atomic mass is 9.92. The van der Waals surface area contributed by atoms with E-state index in [-0.39, 0.29) is 10.6 Å². The molecule has 0 saturated carbocycles. The van der Waals surface area contributed by atoms with Gasteiger partial charge in [-0.3, -0.25) is 4.79 Å². The van der Waals surface area contributed by atoms with Crippen LogP contribution in [0, 0.1) is 17.1 Å². The Hall–Kier alpha value is -1.70. The van der Waals surface area contributed by atoms with Crippen LogP contribution in [0.2, 0.25) is 5.02 Å². The van der Waals surface area contributed by atoms with Gasteiger partial charge in [-0.2, -0.15) is 5.26 Å². The minimum Gasteiger partial charge on any atom is -0.292 e. The van der Waals surface area contributed by atoms with Crippen molar-refractivity contribution in [1.82, 2.24) is 0 Å². The molecule has 0 radical (unpaired) electrons. The second kappa shape index (κ2) is 6.17. The molecule has 100 valence electrons. The SMILES string of the molecule is N#CC(C(=O)c1ccc(Cl)cc1F)c1ccc(Br)cc1. The first kappa shape index (κ1) is 14.7. The van der Waals surface area contributed by atoms with Crippen LogP contribution in [0.15, 0.2) is 46.9 Å². The predicted octanol–water partition coefficient (Wildman–Crippen LogP) is 4.73. The average molecular weight is 353 g/mol. The van der Waals surface area contributed by atoms with Gasteiger partial charge in [0.05, 0.1) is 11.6 Å². The number of rotatable bonds is 3. The monoisotopic (exact) mass is 351 g/mol. The summed E-state index contributed by atoms with van der Waals surface area (Å²) in [5, 5.41) is 9.40. The van der Waals surface area contributed by atoms with E-state index in [9.17, 15) is 14.4 Å². The molecule has 2 aromatic carbocycles. The zero-order chi connectivity index (χ0) is 14.7. The minimum absolute atomic E-state index is 0.135. The summed E-state index contributed by atoms with van der Waals surface area (Å²) < 4.78 is 14.6. The van der Waals surface area contributed by atoms with Gasteiger partial charge in [-0.05, 0) is 35.9 Å². The molecular weight excluding hydrogens is 345 g/mol. The van der Waals surface area contributed by atoms with Gasteiger partial charge in [0.1, 0.15) is 11.7 Å². The number of hydrogen-bond acceptors (Lipinski definition) is 2. The van der Waals surface area contributed by atoms with Gasteiger partial charge in [0.2, 0.25) is 0 Å². The molecule has 0 aliphatic heterocycles. The number of Topliss-reactive ketones (excluding diaryl/α,β-unsaturated/α-hetero) is 1. The lowest BCUT2D eigenvalue weighted by Gasteiger charge is -2.09. The predicted molar refractivity (Wildman–Crippen MR) is 78.2 cm³/mol. The summed E-state index contributed by atoms with van der Waals surface area (Å²) in [6, 6.07) is 12.5. The topological polar surface area (TPSA) is 40.9 Å². The number of halogens is 3. The summed E-state index contributed by atoms with van der Waals surface area (Å²) in [5.74, 6) is -2.34. The molecule has 5 heteroatoms. The highest BCUT2D eigenvalue weighted by Gasteiger charge is 2.24. The number of nitrogens with zero attached hydrogens (tertiary/aromatic N) is 1. The molecule has 0 aliphatic carbocycles. The van der Waals surface area contributed by atoms with E-state index in [2.05, 4.69) is 15.9 Å². The summed E-state index contributed by atoms with van der Waals surface area (Å²) >= 11 is 8.92. The molecule has 0 aliphatic rings. The number of hydrogen-bond donors (Lipinski definition) is 0. The highest BCUT2D eigenvalue weighted by molar-refractivity contribution is 9.10. The Kier molecular flexibility index (Phi) is 4.53. The second-order valence-electron chi connectivity index (χ2n) is 4.10. The van der Waals surface area contributed by atoms with Gasteiger partial charge in [0, 0.05) is 9.50 Å². The van der Waals surface area contributed by atoms with Crippen molar-refractivity contribution in [2.45, 2.75) is 5.92 Å². The van der Waals surface area contributed by atoms with Gasteiger partial charge in [0.25, 0.3) is 0 Å². The lowest BCUT2D eigenvalue weighted by molar-refractivity contribution is 0.0975. The first-order valence-corrected chi connectivity index (χ1v) is 6.84. The second-order valence-corrected chi connectivity index (χ2v) is 5.45. The zero-order valence-electron chi connectivity index (χ0n) is 10.1. The first-order valence-electron chi connectivity index (χ1n) is 5.67. The number of benzene rings is 2. The van der Waals surface area contributed by atoms with Crippen LogP contribution < -0.4 is 0 Å². The fraction of sp³-hybridized carbons (Fsp3) is 0.0667. The Balaban J connectivity index is 2.39. The van der Waals surface area contributed by atoms with Crippen molar-refractivity contribution < 1.29 is 9.18 Å². The molecule has 2 aromatic rings. The minimum atomic E-state index is -1.04. The Labute approximate surface area is 128 Å². The molecule has 0 fully saturated rings. The highest BCUT2D eigenvalue weighted by atomic mass is 79.9. The normalized spacial score (nSPS) is 11.7. The number of carbonyl (C=O) groups excluding carboxylic acids is 1. The van der Waals surface area contributed by atoms with Gasteiger partial charge >= 0.3 is 0 Å². The maximum Gasteiger partial charge on any atom is 0.187 e. The third-order valence-corrected chi connectivity index (χ3v) is 3.55. The highest BCUT2D eigenvalue weighted by Crippen LogP contribution is 2.24. The fourth-order valence-electron chi connectivity index (χ4n) is 1.78. The molecule has 20 heavy (non-hydrogen) atoms. The van der Waals surface area contributed by atoms with E-state index in [1.165, 1.54) is 12.1 Å². The molecule has 1 atom stereocenters. The van der Waals surface area contributed by atoms with E-state index in [0.717, 1.165) is 10.5 Å². The number of nitriles is 1.